The first-order chi connectivity index (χ1) is 5.65. The molecule has 1 aliphatic carbocycles. The number of hydrogen-bond donors (Lipinski definition) is 1. The molecule has 0 aromatic heterocycles. The van der Waals surface area contributed by atoms with E-state index in [2.05, 4.69) is 17.0 Å². The second-order valence-electron chi connectivity index (χ2n) is 3.54. The monoisotopic (exact) mass is 171 g/mol. The normalized spacial score (nSPS) is 21.6. The highest BCUT2D eigenvalue weighted by Gasteiger charge is 2.29. The highest BCUT2D eigenvalue weighted by Crippen LogP contribution is 2.32. The molecule has 0 saturated heterocycles. The van der Waals surface area contributed by atoms with Crippen molar-refractivity contribution >= 4 is 5.97 Å². The van der Waals surface area contributed by atoms with Gasteiger partial charge in [-0.3, -0.25) is 4.79 Å². The Morgan fingerprint density at radius 1 is 1.50 bits per heavy atom. The molecule has 12 heavy (non-hydrogen) atoms. The first kappa shape index (κ1) is 9.52. The van der Waals surface area contributed by atoms with Crippen LogP contribution in [0.5, 0.6) is 0 Å². The molecule has 70 valence electrons. The number of ether oxygens (including phenoxy) is 1. The van der Waals surface area contributed by atoms with Gasteiger partial charge in [0.05, 0.1) is 7.11 Å². The zero-order chi connectivity index (χ0) is 9.14. The third-order valence-corrected chi connectivity index (χ3v) is 2.40. The average Bonchev–Trinajstić information content (AvgIpc) is 2.84. The van der Waals surface area contributed by atoms with Crippen LogP contribution < -0.4 is 5.32 Å². The number of nitrogens with one attached hydrogen (secondary N) is 1. The van der Waals surface area contributed by atoms with E-state index in [0.29, 0.717) is 6.04 Å². The average molecular weight is 171 g/mol. The molecule has 0 spiro atoms. The predicted octanol–water partition coefficient (Wildman–Crippen LogP) is 0.936. The zero-order valence-electron chi connectivity index (χ0n) is 7.96. The minimum atomic E-state index is -0.178. The summed E-state index contributed by atoms with van der Waals surface area (Å²) >= 11 is 0. The molecule has 2 atom stereocenters. The summed E-state index contributed by atoms with van der Waals surface area (Å²) in [5.41, 5.74) is 0. The second kappa shape index (κ2) is 3.90. The molecule has 0 aliphatic heterocycles. The first-order valence-electron chi connectivity index (χ1n) is 4.49. The predicted molar refractivity (Wildman–Crippen MR) is 46.8 cm³/mol. The fraction of sp³-hybridized carbons (Fsp3) is 0.889. The minimum Gasteiger partial charge on any atom is -0.468 e. The molecule has 0 heterocycles. The van der Waals surface area contributed by atoms with Crippen LogP contribution in [-0.4, -0.2) is 25.2 Å². The lowest BCUT2D eigenvalue weighted by Gasteiger charge is -2.17. The van der Waals surface area contributed by atoms with Crippen LogP contribution in [0.25, 0.3) is 0 Å². The van der Waals surface area contributed by atoms with Crippen LogP contribution >= 0.6 is 0 Å². The summed E-state index contributed by atoms with van der Waals surface area (Å²) in [6.45, 7) is 3.96. The lowest BCUT2D eigenvalue weighted by molar-refractivity contribution is -0.142. The van der Waals surface area contributed by atoms with Gasteiger partial charge in [-0.15, -0.1) is 0 Å². The van der Waals surface area contributed by atoms with Gasteiger partial charge in [-0.05, 0) is 32.6 Å². The lowest BCUT2D eigenvalue weighted by Crippen LogP contribution is -2.41. The lowest BCUT2D eigenvalue weighted by atomic mass is 10.2. The van der Waals surface area contributed by atoms with Crippen molar-refractivity contribution < 1.29 is 9.53 Å². The van der Waals surface area contributed by atoms with E-state index < -0.39 is 0 Å². The molecule has 1 aliphatic rings. The maximum Gasteiger partial charge on any atom is 0.322 e. The molecule has 1 unspecified atom stereocenters. The van der Waals surface area contributed by atoms with Crippen LogP contribution in [-0.2, 0) is 9.53 Å². The fourth-order valence-electron chi connectivity index (χ4n) is 1.37. The zero-order valence-corrected chi connectivity index (χ0v) is 7.96. The van der Waals surface area contributed by atoms with Crippen molar-refractivity contribution in [1.82, 2.24) is 5.32 Å². The van der Waals surface area contributed by atoms with Crippen molar-refractivity contribution in [3.05, 3.63) is 0 Å². The van der Waals surface area contributed by atoms with Gasteiger partial charge in [0.15, 0.2) is 0 Å². The van der Waals surface area contributed by atoms with E-state index in [0.717, 1.165) is 5.92 Å². The Morgan fingerprint density at radius 2 is 2.08 bits per heavy atom. The van der Waals surface area contributed by atoms with Gasteiger partial charge in [0.25, 0.3) is 0 Å². The molecule has 0 radical (unpaired) electrons. The molecule has 1 rings (SSSR count). The van der Waals surface area contributed by atoms with Gasteiger partial charge in [-0.2, -0.15) is 0 Å². The van der Waals surface area contributed by atoms with Crippen molar-refractivity contribution in [3.8, 4) is 0 Å². The molecule has 0 bridgehead atoms. The molecule has 0 aromatic rings. The van der Waals surface area contributed by atoms with E-state index in [4.69, 9.17) is 0 Å². The number of esters is 1. The smallest absolute Gasteiger partial charge is 0.322 e. The molecular weight excluding hydrogens is 154 g/mol. The minimum absolute atomic E-state index is 0.175. The van der Waals surface area contributed by atoms with Crippen LogP contribution in [0.15, 0.2) is 0 Å². The second-order valence-corrected chi connectivity index (χ2v) is 3.54. The quantitative estimate of drug-likeness (QED) is 0.640. The van der Waals surface area contributed by atoms with Gasteiger partial charge in [-0.1, -0.05) is 0 Å². The first-order valence-corrected chi connectivity index (χ1v) is 4.49. The maximum absolute atomic E-state index is 11.0. The molecular formula is C9H17NO2. The van der Waals surface area contributed by atoms with Crippen molar-refractivity contribution in [3.63, 3.8) is 0 Å². The SMILES string of the molecule is COC(=O)[C@H](C)NC(C)C1CC1. The van der Waals surface area contributed by atoms with E-state index >= 15 is 0 Å². The third kappa shape index (κ3) is 2.48. The van der Waals surface area contributed by atoms with Gasteiger partial charge < -0.3 is 10.1 Å². The van der Waals surface area contributed by atoms with E-state index in [9.17, 15) is 4.79 Å². The summed E-state index contributed by atoms with van der Waals surface area (Å²) in [6.07, 6.45) is 2.59. The summed E-state index contributed by atoms with van der Waals surface area (Å²) in [5.74, 6) is 0.597. The van der Waals surface area contributed by atoms with Crippen molar-refractivity contribution in [2.24, 2.45) is 5.92 Å². The molecule has 1 saturated carbocycles. The molecule has 1 N–H and O–H groups in total. The number of carbonyl (C=O) groups excluding carboxylic acids is 1. The molecule has 1 fully saturated rings. The summed E-state index contributed by atoms with van der Waals surface area (Å²) in [7, 11) is 1.42. The Hall–Kier alpha value is -0.570. The van der Waals surface area contributed by atoms with Crippen molar-refractivity contribution in [2.45, 2.75) is 38.8 Å². The molecule has 0 amide bonds. The van der Waals surface area contributed by atoms with Crippen molar-refractivity contribution in [2.75, 3.05) is 7.11 Å². The van der Waals surface area contributed by atoms with Gasteiger partial charge in [-0.25, -0.2) is 0 Å². The van der Waals surface area contributed by atoms with E-state index in [-0.39, 0.29) is 12.0 Å². The highest BCUT2D eigenvalue weighted by molar-refractivity contribution is 5.75. The van der Waals surface area contributed by atoms with Crippen LogP contribution in [0.4, 0.5) is 0 Å². The number of methoxy groups -OCH3 is 1. The van der Waals surface area contributed by atoms with Crippen molar-refractivity contribution in [1.29, 1.82) is 0 Å². The van der Waals surface area contributed by atoms with Crippen LogP contribution in [0.1, 0.15) is 26.7 Å². The largest absolute Gasteiger partial charge is 0.468 e. The number of hydrogen-bond acceptors (Lipinski definition) is 3. The number of carbonyl (C=O) groups is 1. The third-order valence-electron chi connectivity index (χ3n) is 2.40. The Labute approximate surface area is 73.5 Å². The van der Waals surface area contributed by atoms with E-state index in [1.165, 1.54) is 20.0 Å². The standard InChI is InChI=1S/C9H17NO2/c1-6(8-4-5-8)10-7(2)9(11)12-3/h6-8,10H,4-5H2,1-3H3/t6?,7-/m0/s1. The molecule has 0 aromatic carbocycles. The Morgan fingerprint density at radius 3 is 2.50 bits per heavy atom. The van der Waals surface area contributed by atoms with Crippen LogP contribution in [0.2, 0.25) is 0 Å². The summed E-state index contributed by atoms with van der Waals surface area (Å²) in [5, 5.41) is 3.22. The molecule has 3 nitrogen and oxygen atoms in total. The van der Waals surface area contributed by atoms with Gasteiger partial charge >= 0.3 is 5.97 Å². The summed E-state index contributed by atoms with van der Waals surface area (Å²) in [6, 6.07) is 0.268. The Bertz CT molecular complexity index is 166. The summed E-state index contributed by atoms with van der Waals surface area (Å²) in [4.78, 5) is 11.0. The summed E-state index contributed by atoms with van der Waals surface area (Å²) < 4.78 is 4.61. The van der Waals surface area contributed by atoms with E-state index in [1.807, 2.05) is 6.92 Å². The van der Waals surface area contributed by atoms with Gasteiger partial charge in [0.2, 0.25) is 0 Å². The van der Waals surface area contributed by atoms with Gasteiger partial charge in [0, 0.05) is 6.04 Å². The Balaban J connectivity index is 2.23. The van der Waals surface area contributed by atoms with Crippen LogP contribution in [0, 0.1) is 5.92 Å². The number of rotatable bonds is 4. The Kier molecular flexibility index (Phi) is 3.09. The molecule has 3 heteroatoms. The van der Waals surface area contributed by atoms with Crippen LogP contribution in [0.3, 0.4) is 0 Å². The highest BCUT2D eigenvalue weighted by atomic mass is 16.5. The van der Waals surface area contributed by atoms with Gasteiger partial charge in [0.1, 0.15) is 6.04 Å². The topological polar surface area (TPSA) is 38.3 Å². The van der Waals surface area contributed by atoms with E-state index in [1.54, 1.807) is 0 Å². The fourth-order valence-corrected chi connectivity index (χ4v) is 1.37. The maximum atomic E-state index is 11.0.